The van der Waals surface area contributed by atoms with Crippen LogP contribution in [0, 0.1) is 0 Å². The maximum atomic E-state index is 12.6. The van der Waals surface area contributed by atoms with Crippen LogP contribution in [0.3, 0.4) is 0 Å². The lowest BCUT2D eigenvalue weighted by Gasteiger charge is -2.11. The van der Waals surface area contributed by atoms with Crippen molar-refractivity contribution >= 4 is 12.6 Å². The Labute approximate surface area is 120 Å². The number of hydrogen-bond donors (Lipinski definition) is 1. The van der Waals surface area contributed by atoms with Gasteiger partial charge in [0.1, 0.15) is 6.61 Å². The molecule has 0 radical (unpaired) electrons. The van der Waals surface area contributed by atoms with Crippen LogP contribution in [0.4, 0.5) is 13.2 Å². The molecule has 0 saturated heterocycles. The maximum Gasteiger partial charge on any atom is 0.523 e. The van der Waals surface area contributed by atoms with Gasteiger partial charge in [-0.25, -0.2) is 4.89 Å². The smallest absolute Gasteiger partial charge is 0.422 e. The minimum Gasteiger partial charge on any atom is -0.422 e. The highest BCUT2D eigenvalue weighted by molar-refractivity contribution is 6.59. The zero-order valence-electron chi connectivity index (χ0n) is 10.9. The maximum absolute atomic E-state index is 12.6. The second-order valence-electron chi connectivity index (χ2n) is 4.32. The first kappa shape index (κ1) is 15.6. The van der Waals surface area contributed by atoms with Crippen LogP contribution in [-0.4, -0.2) is 12.1 Å². The first-order valence-electron chi connectivity index (χ1n) is 6.14. The van der Waals surface area contributed by atoms with Gasteiger partial charge in [-0.3, -0.25) is 4.81 Å². The Kier molecular flexibility index (Phi) is 5.00. The summed E-state index contributed by atoms with van der Waals surface area (Å²) in [5, 5.41) is 9.67. The van der Waals surface area contributed by atoms with E-state index in [9.17, 15) is 18.2 Å². The number of alkyl halides is 3. The molecular weight excluding hydrogens is 284 g/mol. The monoisotopic (exact) mass is 296 g/mol. The van der Waals surface area contributed by atoms with Crippen LogP contribution in [0.2, 0.25) is 0 Å². The third kappa shape index (κ3) is 4.59. The van der Waals surface area contributed by atoms with E-state index in [4.69, 9.17) is 4.89 Å². The van der Waals surface area contributed by atoms with E-state index >= 15 is 0 Å². The van der Waals surface area contributed by atoms with Crippen LogP contribution >= 0.6 is 0 Å². The van der Waals surface area contributed by atoms with E-state index < -0.39 is 18.9 Å². The van der Waals surface area contributed by atoms with Gasteiger partial charge in [-0.2, -0.15) is 13.2 Å². The van der Waals surface area contributed by atoms with Gasteiger partial charge in [-0.1, -0.05) is 54.6 Å². The predicted molar refractivity (Wildman–Crippen MR) is 71.4 cm³/mol. The van der Waals surface area contributed by atoms with Gasteiger partial charge in [0.25, 0.3) is 0 Å². The van der Waals surface area contributed by atoms with Crippen molar-refractivity contribution in [2.75, 3.05) is 0 Å². The molecule has 2 aromatic rings. The molecule has 2 aromatic carbocycles. The van der Waals surface area contributed by atoms with Crippen LogP contribution in [-0.2, 0) is 22.5 Å². The highest BCUT2D eigenvalue weighted by Crippen LogP contribution is 2.28. The summed E-state index contributed by atoms with van der Waals surface area (Å²) in [6, 6.07) is 13.3. The minimum atomic E-state index is -4.47. The summed E-state index contributed by atoms with van der Waals surface area (Å²) in [5.74, 6) is 0. The van der Waals surface area contributed by atoms with Gasteiger partial charge in [-0.05, 0) is 11.0 Å². The largest absolute Gasteiger partial charge is 0.523 e. The summed E-state index contributed by atoms with van der Waals surface area (Å²) in [5.41, 5.74) is -0.0719. The van der Waals surface area contributed by atoms with E-state index in [1.807, 2.05) is 18.2 Å². The Morgan fingerprint density at radius 1 is 1.00 bits per heavy atom. The summed E-state index contributed by atoms with van der Waals surface area (Å²) in [6.07, 6.45) is -4.47. The predicted octanol–water partition coefficient (Wildman–Crippen LogP) is 2.54. The van der Waals surface area contributed by atoms with Gasteiger partial charge in [0.2, 0.25) is 0 Å². The molecule has 0 aliphatic rings. The van der Waals surface area contributed by atoms with E-state index in [1.54, 1.807) is 12.1 Å². The van der Waals surface area contributed by atoms with E-state index in [1.165, 1.54) is 12.1 Å². The lowest BCUT2D eigenvalue weighted by molar-refractivity contribution is -0.231. The molecule has 0 aliphatic carbocycles. The van der Waals surface area contributed by atoms with Crippen molar-refractivity contribution in [3.8, 4) is 0 Å². The fraction of sp³-hybridized carbons (Fsp3) is 0.143. The normalized spacial score (nSPS) is 11.4. The molecule has 0 saturated carbocycles. The van der Waals surface area contributed by atoms with Gasteiger partial charge in [0.05, 0.1) is 5.56 Å². The third-order valence-electron chi connectivity index (χ3n) is 2.73. The Morgan fingerprint density at radius 2 is 1.71 bits per heavy atom. The zero-order chi connectivity index (χ0) is 15.3. The van der Waals surface area contributed by atoms with Crippen LogP contribution in [0.15, 0.2) is 54.6 Å². The Bertz CT molecular complexity index is 575. The van der Waals surface area contributed by atoms with Crippen LogP contribution < -0.4 is 5.46 Å². The van der Waals surface area contributed by atoms with Crippen molar-refractivity contribution in [3.05, 3.63) is 65.7 Å². The summed E-state index contributed by atoms with van der Waals surface area (Å²) >= 11 is 0. The van der Waals surface area contributed by atoms with E-state index in [2.05, 4.69) is 4.81 Å². The molecule has 2 rings (SSSR count). The molecule has 21 heavy (non-hydrogen) atoms. The van der Waals surface area contributed by atoms with Crippen molar-refractivity contribution in [2.24, 2.45) is 0 Å². The molecule has 0 amide bonds. The van der Waals surface area contributed by atoms with Gasteiger partial charge in [0.15, 0.2) is 0 Å². The molecule has 0 aromatic heterocycles. The number of hydrogen-bond acceptors (Lipinski definition) is 3. The lowest BCUT2D eigenvalue weighted by atomic mass is 9.79. The third-order valence-corrected chi connectivity index (χ3v) is 2.73. The molecule has 0 spiro atoms. The van der Waals surface area contributed by atoms with Crippen molar-refractivity contribution in [2.45, 2.75) is 12.8 Å². The fourth-order valence-electron chi connectivity index (χ4n) is 1.66. The van der Waals surface area contributed by atoms with Gasteiger partial charge >= 0.3 is 13.3 Å². The van der Waals surface area contributed by atoms with Crippen molar-refractivity contribution in [1.29, 1.82) is 0 Å². The zero-order valence-corrected chi connectivity index (χ0v) is 10.9. The SMILES string of the molecule is OB(OOCc1ccccc1)c1cccc(C(F)(F)F)c1. The summed E-state index contributed by atoms with van der Waals surface area (Å²) in [6.45, 7) is 0.0802. The van der Waals surface area contributed by atoms with E-state index in [0.717, 1.165) is 17.7 Å². The van der Waals surface area contributed by atoms with Crippen molar-refractivity contribution < 1.29 is 27.9 Å². The van der Waals surface area contributed by atoms with Gasteiger partial charge in [0, 0.05) is 0 Å². The average Bonchev–Trinajstić information content (AvgIpc) is 2.47. The molecule has 1 N–H and O–H groups in total. The highest BCUT2D eigenvalue weighted by Gasteiger charge is 2.31. The molecular formula is C14H12BF3O3. The van der Waals surface area contributed by atoms with Gasteiger partial charge in [-0.15, -0.1) is 0 Å². The molecule has 7 heteroatoms. The summed E-state index contributed by atoms with van der Waals surface area (Å²) < 4.78 is 37.7. The van der Waals surface area contributed by atoms with Crippen LogP contribution in [0.5, 0.6) is 0 Å². The standard InChI is InChI=1S/C14H12BF3O3/c16-14(17,18)12-7-4-8-13(9-12)15(19)21-20-10-11-5-2-1-3-6-11/h1-9,19H,10H2. The Morgan fingerprint density at radius 3 is 2.38 bits per heavy atom. The average molecular weight is 296 g/mol. The van der Waals surface area contributed by atoms with Crippen LogP contribution in [0.25, 0.3) is 0 Å². The quantitative estimate of drug-likeness (QED) is 0.523. The minimum absolute atomic E-state index is 0.0297. The topological polar surface area (TPSA) is 38.7 Å². The molecule has 3 nitrogen and oxygen atoms in total. The van der Waals surface area contributed by atoms with Crippen molar-refractivity contribution in [1.82, 2.24) is 0 Å². The van der Waals surface area contributed by atoms with Crippen molar-refractivity contribution in [3.63, 3.8) is 0 Å². The Hall–Kier alpha value is -1.83. The highest BCUT2D eigenvalue weighted by atomic mass is 19.4. The fourth-order valence-corrected chi connectivity index (χ4v) is 1.66. The van der Waals surface area contributed by atoms with E-state index in [-0.39, 0.29) is 12.1 Å². The molecule has 0 atom stereocenters. The first-order chi connectivity index (χ1) is 9.97. The second kappa shape index (κ2) is 6.75. The number of rotatable bonds is 5. The molecule has 0 unspecified atom stereocenters. The molecule has 0 bridgehead atoms. The Balaban J connectivity index is 1.93. The molecule has 0 fully saturated rings. The molecule has 0 heterocycles. The molecule has 0 aliphatic heterocycles. The number of halogens is 3. The van der Waals surface area contributed by atoms with E-state index in [0.29, 0.717) is 0 Å². The summed E-state index contributed by atoms with van der Waals surface area (Å²) in [4.78, 5) is 9.52. The van der Waals surface area contributed by atoms with Gasteiger partial charge < -0.3 is 5.02 Å². The number of benzene rings is 2. The first-order valence-corrected chi connectivity index (χ1v) is 6.14. The van der Waals surface area contributed by atoms with Crippen LogP contribution in [0.1, 0.15) is 11.1 Å². The molecule has 110 valence electrons. The summed E-state index contributed by atoms with van der Waals surface area (Å²) in [7, 11) is -1.59. The second-order valence-corrected chi connectivity index (χ2v) is 4.32. The lowest BCUT2D eigenvalue weighted by Crippen LogP contribution is -2.34.